The van der Waals surface area contributed by atoms with Gasteiger partial charge < -0.3 is 10.2 Å². The zero-order chi connectivity index (χ0) is 13.9. The minimum atomic E-state index is -0.0132. The van der Waals surface area contributed by atoms with E-state index in [0.717, 1.165) is 32.5 Å². The maximum atomic E-state index is 12.6. The molecule has 0 aromatic heterocycles. The molecule has 1 amide bonds. The Morgan fingerprint density at radius 1 is 1.18 bits per heavy atom. The summed E-state index contributed by atoms with van der Waals surface area (Å²) >= 11 is 0. The summed E-state index contributed by atoms with van der Waals surface area (Å²) in [4.78, 5) is 14.7. The Balaban J connectivity index is 0.00000121. The van der Waals surface area contributed by atoms with E-state index in [1.165, 1.54) is 5.56 Å². The van der Waals surface area contributed by atoms with E-state index in [-0.39, 0.29) is 36.8 Å². The minimum Gasteiger partial charge on any atom is -0.336 e. The van der Waals surface area contributed by atoms with Crippen LogP contribution >= 0.6 is 24.8 Å². The Morgan fingerprint density at radius 3 is 2.59 bits per heavy atom. The molecule has 2 aliphatic rings. The van der Waals surface area contributed by atoms with Crippen LogP contribution in [0.2, 0.25) is 0 Å². The number of rotatable bonds is 2. The van der Waals surface area contributed by atoms with Crippen molar-refractivity contribution in [2.75, 3.05) is 19.6 Å². The molecule has 0 aliphatic carbocycles. The van der Waals surface area contributed by atoms with E-state index in [0.29, 0.717) is 12.1 Å². The van der Waals surface area contributed by atoms with E-state index in [1.54, 1.807) is 0 Å². The van der Waals surface area contributed by atoms with Gasteiger partial charge in [-0.15, -0.1) is 24.8 Å². The highest BCUT2D eigenvalue weighted by atomic mass is 35.5. The van der Waals surface area contributed by atoms with Gasteiger partial charge in [-0.05, 0) is 25.3 Å². The number of amides is 1. The quantitative estimate of drug-likeness (QED) is 0.863. The number of hydrogen-bond acceptors (Lipinski definition) is 3. The Morgan fingerprint density at radius 2 is 1.91 bits per heavy atom. The molecule has 4 nitrogen and oxygen atoms in total. The number of halogens is 2. The lowest BCUT2D eigenvalue weighted by Crippen LogP contribution is -2.56. The van der Waals surface area contributed by atoms with Crippen LogP contribution in [0.25, 0.3) is 0 Å². The average Bonchev–Trinajstić information content (AvgIpc) is 2.98. The van der Waals surface area contributed by atoms with Crippen molar-refractivity contribution < 1.29 is 4.79 Å². The molecule has 1 aromatic rings. The van der Waals surface area contributed by atoms with E-state index in [4.69, 9.17) is 0 Å². The van der Waals surface area contributed by atoms with Crippen molar-refractivity contribution in [3.05, 3.63) is 35.9 Å². The van der Waals surface area contributed by atoms with Gasteiger partial charge in [-0.1, -0.05) is 30.3 Å². The van der Waals surface area contributed by atoms with Gasteiger partial charge in [0.05, 0.1) is 6.04 Å². The number of hydrogen-bond donors (Lipinski definition) is 2. The Kier molecular flexibility index (Phi) is 7.63. The molecule has 2 fully saturated rings. The fourth-order valence-corrected chi connectivity index (χ4v) is 3.25. The molecule has 0 saturated carbocycles. The van der Waals surface area contributed by atoms with Gasteiger partial charge in [-0.2, -0.15) is 0 Å². The number of piperazine rings is 1. The Bertz CT molecular complexity index is 472. The third-order valence-corrected chi connectivity index (χ3v) is 4.43. The van der Waals surface area contributed by atoms with E-state index in [1.807, 2.05) is 11.0 Å². The predicted octanol–water partition coefficient (Wildman–Crippen LogP) is 2.14. The first-order valence-electron chi connectivity index (χ1n) is 7.58. The van der Waals surface area contributed by atoms with Crippen LogP contribution in [0.3, 0.4) is 0 Å². The summed E-state index contributed by atoms with van der Waals surface area (Å²) in [7, 11) is 0. The summed E-state index contributed by atoms with van der Waals surface area (Å²) in [6.07, 6.45) is 1.98. The molecule has 2 aliphatic heterocycles. The van der Waals surface area contributed by atoms with Crippen LogP contribution in [-0.4, -0.2) is 42.5 Å². The van der Waals surface area contributed by atoms with E-state index >= 15 is 0 Å². The van der Waals surface area contributed by atoms with Gasteiger partial charge in [0.1, 0.15) is 0 Å². The molecule has 6 heteroatoms. The average molecular weight is 346 g/mol. The summed E-state index contributed by atoms with van der Waals surface area (Å²) in [6.45, 7) is 4.76. The first-order chi connectivity index (χ1) is 9.75. The van der Waals surface area contributed by atoms with Crippen molar-refractivity contribution in [1.29, 1.82) is 0 Å². The van der Waals surface area contributed by atoms with Crippen LogP contribution in [0.1, 0.15) is 31.4 Å². The standard InChI is InChI=1S/C16H23N3O.2ClH/c1-12-11-17-9-10-19(12)16(20)15-8-7-14(18-15)13-5-3-2-4-6-13;;/h2-6,12,14-15,17-18H,7-11H2,1H3;2*1H/t12-,14-,15-;;/m1../s1. The fourth-order valence-electron chi connectivity index (χ4n) is 3.25. The highest BCUT2D eigenvalue weighted by Gasteiger charge is 2.34. The van der Waals surface area contributed by atoms with Gasteiger partial charge in [-0.25, -0.2) is 0 Å². The normalized spacial score (nSPS) is 27.7. The van der Waals surface area contributed by atoms with Crippen LogP contribution in [-0.2, 0) is 4.79 Å². The number of carbonyl (C=O) groups is 1. The zero-order valence-corrected chi connectivity index (χ0v) is 14.5. The van der Waals surface area contributed by atoms with Gasteiger partial charge in [0, 0.05) is 31.7 Å². The lowest BCUT2D eigenvalue weighted by atomic mass is 10.1. The summed E-state index contributed by atoms with van der Waals surface area (Å²) in [6, 6.07) is 11.0. The topological polar surface area (TPSA) is 44.4 Å². The third kappa shape index (κ3) is 4.13. The summed E-state index contributed by atoms with van der Waals surface area (Å²) < 4.78 is 0. The molecule has 1 aromatic carbocycles. The molecule has 0 bridgehead atoms. The monoisotopic (exact) mass is 345 g/mol. The van der Waals surface area contributed by atoms with Crippen molar-refractivity contribution >= 4 is 30.7 Å². The van der Waals surface area contributed by atoms with Crippen molar-refractivity contribution in [2.24, 2.45) is 0 Å². The first kappa shape index (κ1) is 19.2. The first-order valence-corrected chi connectivity index (χ1v) is 7.58. The molecule has 2 saturated heterocycles. The number of carbonyl (C=O) groups excluding carboxylic acids is 1. The van der Waals surface area contributed by atoms with Crippen molar-refractivity contribution in [2.45, 2.75) is 37.9 Å². The van der Waals surface area contributed by atoms with Crippen molar-refractivity contribution in [3.8, 4) is 0 Å². The smallest absolute Gasteiger partial charge is 0.240 e. The van der Waals surface area contributed by atoms with Crippen LogP contribution in [0, 0.1) is 0 Å². The zero-order valence-electron chi connectivity index (χ0n) is 12.8. The lowest BCUT2D eigenvalue weighted by Gasteiger charge is -2.35. The van der Waals surface area contributed by atoms with Gasteiger partial charge in [0.15, 0.2) is 0 Å². The van der Waals surface area contributed by atoms with Gasteiger partial charge >= 0.3 is 0 Å². The molecule has 0 spiro atoms. The molecule has 0 unspecified atom stereocenters. The van der Waals surface area contributed by atoms with Gasteiger partial charge in [-0.3, -0.25) is 10.1 Å². The SMILES string of the molecule is C[C@@H]1CNCCN1C(=O)[C@H]1CC[C@H](c2ccccc2)N1.Cl.Cl. The van der Waals surface area contributed by atoms with E-state index < -0.39 is 0 Å². The van der Waals surface area contributed by atoms with E-state index in [9.17, 15) is 4.79 Å². The van der Waals surface area contributed by atoms with Crippen LogP contribution in [0.15, 0.2) is 30.3 Å². The van der Waals surface area contributed by atoms with Gasteiger partial charge in [0.25, 0.3) is 0 Å². The summed E-state index contributed by atoms with van der Waals surface area (Å²) in [5.41, 5.74) is 1.29. The molecule has 22 heavy (non-hydrogen) atoms. The molecule has 0 radical (unpaired) electrons. The molecule has 2 heterocycles. The van der Waals surface area contributed by atoms with Gasteiger partial charge in [0.2, 0.25) is 5.91 Å². The molecule has 3 rings (SSSR count). The molecule has 2 N–H and O–H groups in total. The largest absolute Gasteiger partial charge is 0.336 e. The van der Waals surface area contributed by atoms with Crippen LogP contribution in [0.4, 0.5) is 0 Å². The fraction of sp³-hybridized carbons (Fsp3) is 0.562. The van der Waals surface area contributed by atoms with Crippen LogP contribution in [0.5, 0.6) is 0 Å². The third-order valence-electron chi connectivity index (χ3n) is 4.43. The Labute approximate surface area is 144 Å². The Hall–Kier alpha value is -0.810. The number of nitrogens with zero attached hydrogens (tertiary/aromatic N) is 1. The second-order valence-corrected chi connectivity index (χ2v) is 5.84. The maximum absolute atomic E-state index is 12.6. The lowest BCUT2D eigenvalue weighted by molar-refractivity contribution is -0.135. The van der Waals surface area contributed by atoms with Crippen molar-refractivity contribution in [3.63, 3.8) is 0 Å². The molecule has 3 atom stereocenters. The summed E-state index contributed by atoms with van der Waals surface area (Å²) in [5.74, 6) is 0.275. The minimum absolute atomic E-state index is 0. The highest BCUT2D eigenvalue weighted by Crippen LogP contribution is 2.27. The molecule has 124 valence electrons. The number of benzene rings is 1. The summed E-state index contributed by atoms with van der Waals surface area (Å²) in [5, 5.41) is 6.84. The number of nitrogens with one attached hydrogen (secondary N) is 2. The molecular formula is C16H25Cl2N3O. The van der Waals surface area contributed by atoms with Crippen LogP contribution < -0.4 is 10.6 Å². The van der Waals surface area contributed by atoms with Crippen molar-refractivity contribution in [1.82, 2.24) is 15.5 Å². The maximum Gasteiger partial charge on any atom is 0.240 e. The second kappa shape index (κ2) is 8.73. The second-order valence-electron chi connectivity index (χ2n) is 5.84. The predicted molar refractivity (Wildman–Crippen MR) is 93.9 cm³/mol. The van der Waals surface area contributed by atoms with E-state index in [2.05, 4.69) is 41.8 Å². The molecular weight excluding hydrogens is 321 g/mol. The highest BCUT2D eigenvalue weighted by molar-refractivity contribution is 5.85.